The fourth-order valence-electron chi connectivity index (χ4n) is 3.46. The second-order valence-electron chi connectivity index (χ2n) is 9.14. The normalized spacial score (nSPS) is 11.6. The van der Waals surface area contributed by atoms with Crippen molar-refractivity contribution >= 4 is 17.5 Å². The van der Waals surface area contributed by atoms with Gasteiger partial charge < -0.3 is 5.32 Å². The Morgan fingerprint density at radius 2 is 1.94 bits per heavy atom. The number of ketones is 1. The van der Waals surface area contributed by atoms with Gasteiger partial charge in [-0.25, -0.2) is 14.4 Å². The molecule has 0 aliphatic carbocycles. The summed E-state index contributed by atoms with van der Waals surface area (Å²) < 4.78 is 17.4. The van der Waals surface area contributed by atoms with Crippen LogP contribution in [0.5, 0.6) is 0 Å². The van der Waals surface area contributed by atoms with E-state index in [9.17, 15) is 9.18 Å². The third kappa shape index (κ3) is 5.16. The van der Waals surface area contributed by atoms with E-state index in [-0.39, 0.29) is 17.9 Å². The molecule has 3 heterocycles. The van der Waals surface area contributed by atoms with E-state index < -0.39 is 11.4 Å². The molecule has 4 aromatic rings. The molecule has 176 valence electrons. The van der Waals surface area contributed by atoms with E-state index in [4.69, 9.17) is 0 Å². The average molecular weight is 463 g/mol. The number of nitrogens with one attached hydrogen (secondary N) is 1. The number of carbonyl (C=O) groups excluding carboxylic acids is 1. The molecule has 0 aliphatic heterocycles. The number of carbonyl (C=O) groups is 1. The molecule has 0 saturated carbocycles. The molecule has 1 aromatic carbocycles. The predicted molar refractivity (Wildman–Crippen MR) is 126 cm³/mol. The van der Waals surface area contributed by atoms with Gasteiger partial charge in [-0.1, -0.05) is 12.1 Å². The van der Waals surface area contributed by atoms with Gasteiger partial charge in [-0.05, 0) is 51.3 Å². The van der Waals surface area contributed by atoms with Gasteiger partial charge in [0.25, 0.3) is 0 Å². The van der Waals surface area contributed by atoms with Crippen LogP contribution in [-0.2, 0) is 19.0 Å². The lowest BCUT2D eigenvalue weighted by molar-refractivity contribution is 0.0972. The third-order valence-electron chi connectivity index (χ3n) is 5.37. The van der Waals surface area contributed by atoms with Crippen LogP contribution in [0.15, 0.2) is 43.0 Å². The molecule has 1 N–H and O–H groups in total. The van der Waals surface area contributed by atoms with Crippen LogP contribution in [0.25, 0.3) is 11.4 Å². The number of halogens is 1. The number of rotatable bonds is 7. The zero-order chi connectivity index (χ0) is 24.5. The summed E-state index contributed by atoms with van der Waals surface area (Å²) in [6.45, 7) is 7.68. The molecule has 34 heavy (non-hydrogen) atoms. The number of anilines is 2. The molecule has 4 rings (SSSR count). The van der Waals surface area contributed by atoms with Gasteiger partial charge in [0.05, 0.1) is 11.7 Å². The highest BCUT2D eigenvalue weighted by Gasteiger charge is 2.22. The fraction of sp³-hybridized carbons (Fsp3) is 0.333. The van der Waals surface area contributed by atoms with Gasteiger partial charge >= 0.3 is 0 Å². The molecule has 0 aliphatic rings. The Hall–Kier alpha value is -3.95. The fourth-order valence-corrected chi connectivity index (χ4v) is 3.46. The summed E-state index contributed by atoms with van der Waals surface area (Å²) in [5, 5.41) is 11.5. The maximum absolute atomic E-state index is 14.3. The summed E-state index contributed by atoms with van der Waals surface area (Å²) in [5.74, 6) is 0.657. The van der Waals surface area contributed by atoms with E-state index in [0.29, 0.717) is 24.0 Å². The number of hydrogen-bond acceptors (Lipinski definition) is 7. The molecular formula is C24H27FN8O. The average Bonchev–Trinajstić information content (AvgIpc) is 3.38. The molecule has 0 radical (unpaired) electrons. The largest absolute Gasteiger partial charge is 0.307 e. The second-order valence-corrected chi connectivity index (χ2v) is 9.14. The van der Waals surface area contributed by atoms with E-state index in [2.05, 4.69) is 30.5 Å². The topological polar surface area (TPSA) is 103 Å². The van der Waals surface area contributed by atoms with Crippen LogP contribution < -0.4 is 5.32 Å². The number of hydrogen-bond donors (Lipinski definition) is 1. The number of aromatic nitrogens is 7. The number of aryl methyl sites for hydroxylation is 3. The number of Topliss-reactive ketones (excluding diaryl/α,β-unsaturated/α-hetero) is 1. The van der Waals surface area contributed by atoms with Crippen LogP contribution in [0, 0.1) is 12.7 Å². The quantitative estimate of drug-likeness (QED) is 0.410. The van der Waals surface area contributed by atoms with Crippen molar-refractivity contribution in [2.45, 2.75) is 46.1 Å². The first-order valence-corrected chi connectivity index (χ1v) is 10.9. The van der Waals surface area contributed by atoms with Gasteiger partial charge in [0.2, 0.25) is 5.95 Å². The molecule has 0 fully saturated rings. The Bertz CT molecular complexity index is 1330. The minimum absolute atomic E-state index is 0.109. The molecule has 0 amide bonds. The molecule has 0 spiro atoms. The molecular weight excluding hydrogens is 435 g/mol. The molecule has 0 saturated heterocycles. The van der Waals surface area contributed by atoms with Gasteiger partial charge in [-0.15, -0.1) is 0 Å². The highest BCUT2D eigenvalue weighted by Crippen LogP contribution is 2.22. The summed E-state index contributed by atoms with van der Waals surface area (Å²) in [5.41, 5.74) is 2.31. The van der Waals surface area contributed by atoms with Crippen molar-refractivity contribution in [2.24, 2.45) is 7.05 Å². The minimum atomic E-state index is -0.586. The minimum Gasteiger partial charge on any atom is -0.307 e. The zero-order valence-corrected chi connectivity index (χ0v) is 19.9. The highest BCUT2D eigenvalue weighted by molar-refractivity contribution is 5.94. The van der Waals surface area contributed by atoms with Crippen molar-refractivity contribution in [1.82, 2.24) is 34.5 Å². The molecule has 9 nitrogen and oxygen atoms in total. The zero-order valence-electron chi connectivity index (χ0n) is 19.9. The molecule has 0 atom stereocenters. The van der Waals surface area contributed by atoms with Crippen LogP contribution in [0.2, 0.25) is 0 Å². The van der Waals surface area contributed by atoms with Crippen molar-refractivity contribution in [2.75, 3.05) is 5.32 Å². The number of benzene rings is 1. The summed E-state index contributed by atoms with van der Waals surface area (Å²) in [7, 11) is 1.83. The predicted octanol–water partition coefficient (Wildman–Crippen LogP) is 4.23. The van der Waals surface area contributed by atoms with Gasteiger partial charge in [-0.2, -0.15) is 15.2 Å². The van der Waals surface area contributed by atoms with Crippen LogP contribution in [0.3, 0.4) is 0 Å². The Balaban J connectivity index is 1.45. The molecule has 0 unspecified atom stereocenters. The van der Waals surface area contributed by atoms with E-state index in [1.165, 1.54) is 17.2 Å². The maximum atomic E-state index is 14.3. The monoisotopic (exact) mass is 462 g/mol. The number of nitrogens with zero attached hydrogens (tertiary/aromatic N) is 7. The molecule has 10 heteroatoms. The standard InChI is InChI=1S/C24H27FN8O/c1-15-12-17(22-26-14-27-23(29-22)28-20-10-11-32(5)30-20)7-6-16(15)8-9-19(34)21-18(25)13-33(31-21)24(2,3)4/h6-7,10-14H,8-9H2,1-5H3,(H,26,27,28,29,30). The maximum Gasteiger partial charge on any atom is 0.231 e. The van der Waals surface area contributed by atoms with Crippen molar-refractivity contribution in [3.63, 3.8) is 0 Å². The molecule has 0 bridgehead atoms. The first-order chi connectivity index (χ1) is 16.1. The van der Waals surface area contributed by atoms with Gasteiger partial charge in [0.1, 0.15) is 6.33 Å². The summed E-state index contributed by atoms with van der Waals surface area (Å²) in [6.07, 6.45) is 5.19. The lowest BCUT2D eigenvalue weighted by Crippen LogP contribution is -2.22. The van der Waals surface area contributed by atoms with Crippen LogP contribution in [-0.4, -0.2) is 40.3 Å². The van der Waals surface area contributed by atoms with E-state index in [0.717, 1.165) is 16.7 Å². The first kappa shape index (κ1) is 23.2. The molecule has 3 aromatic heterocycles. The van der Waals surface area contributed by atoms with Crippen LogP contribution >= 0.6 is 0 Å². The van der Waals surface area contributed by atoms with Gasteiger partial charge in [-0.3, -0.25) is 14.2 Å². The lowest BCUT2D eigenvalue weighted by Gasteiger charge is -2.18. The Labute approximate surface area is 197 Å². The van der Waals surface area contributed by atoms with E-state index in [1.54, 1.807) is 4.68 Å². The van der Waals surface area contributed by atoms with E-state index in [1.807, 2.05) is 65.2 Å². The van der Waals surface area contributed by atoms with Gasteiger partial charge in [0, 0.05) is 31.3 Å². The van der Waals surface area contributed by atoms with Crippen LogP contribution in [0.1, 0.15) is 48.8 Å². The smallest absolute Gasteiger partial charge is 0.231 e. The Morgan fingerprint density at radius 3 is 2.59 bits per heavy atom. The third-order valence-corrected chi connectivity index (χ3v) is 5.37. The second kappa shape index (κ2) is 9.12. The van der Waals surface area contributed by atoms with Crippen molar-refractivity contribution < 1.29 is 9.18 Å². The Morgan fingerprint density at radius 1 is 1.15 bits per heavy atom. The van der Waals surface area contributed by atoms with Crippen molar-refractivity contribution in [1.29, 1.82) is 0 Å². The lowest BCUT2D eigenvalue weighted by atomic mass is 9.99. The summed E-state index contributed by atoms with van der Waals surface area (Å²) in [6, 6.07) is 7.64. The van der Waals surface area contributed by atoms with Crippen molar-refractivity contribution in [3.05, 3.63) is 65.6 Å². The SMILES string of the molecule is Cc1cc(-c2ncnc(Nc3ccn(C)n3)n2)ccc1CCC(=O)c1nn(C(C)(C)C)cc1F. The van der Waals surface area contributed by atoms with E-state index >= 15 is 0 Å². The Kier molecular flexibility index (Phi) is 6.23. The first-order valence-electron chi connectivity index (χ1n) is 10.9. The highest BCUT2D eigenvalue weighted by atomic mass is 19.1. The van der Waals surface area contributed by atoms with Gasteiger partial charge in [0.15, 0.2) is 28.9 Å². The summed E-state index contributed by atoms with van der Waals surface area (Å²) >= 11 is 0. The van der Waals surface area contributed by atoms with Crippen LogP contribution in [0.4, 0.5) is 16.2 Å². The summed E-state index contributed by atoms with van der Waals surface area (Å²) in [4.78, 5) is 25.5. The van der Waals surface area contributed by atoms with Crippen molar-refractivity contribution in [3.8, 4) is 11.4 Å².